The highest BCUT2D eigenvalue weighted by molar-refractivity contribution is 9.10. The Morgan fingerprint density at radius 1 is 1.47 bits per heavy atom. The van der Waals surface area contributed by atoms with Crippen LogP contribution in [0, 0.1) is 0 Å². The van der Waals surface area contributed by atoms with E-state index in [1.807, 2.05) is 11.4 Å². The molecule has 4 nitrogen and oxygen atoms in total. The SMILES string of the molecule is Brc1ccsc1-c1nc(C2CCCCN2)no1. The minimum atomic E-state index is 0.250. The predicted octanol–water partition coefficient (Wildman–Crippen LogP) is 3.38. The molecule has 1 aliphatic heterocycles. The van der Waals surface area contributed by atoms with Gasteiger partial charge in [0.15, 0.2) is 5.82 Å². The summed E-state index contributed by atoms with van der Waals surface area (Å²) in [7, 11) is 0. The molecule has 0 aromatic carbocycles. The van der Waals surface area contributed by atoms with E-state index in [2.05, 4.69) is 31.4 Å². The van der Waals surface area contributed by atoms with Crippen LogP contribution in [0.25, 0.3) is 10.8 Å². The zero-order valence-electron chi connectivity index (χ0n) is 9.15. The van der Waals surface area contributed by atoms with Crippen molar-refractivity contribution in [2.45, 2.75) is 25.3 Å². The smallest absolute Gasteiger partial charge is 0.269 e. The van der Waals surface area contributed by atoms with Gasteiger partial charge in [0.25, 0.3) is 5.89 Å². The lowest BCUT2D eigenvalue weighted by Crippen LogP contribution is -2.27. The van der Waals surface area contributed by atoms with Crippen LogP contribution in [0.4, 0.5) is 0 Å². The molecule has 0 saturated carbocycles. The zero-order chi connectivity index (χ0) is 11.7. The first-order valence-corrected chi connectivity index (χ1v) is 7.32. The van der Waals surface area contributed by atoms with Crippen LogP contribution < -0.4 is 5.32 Å². The molecule has 1 unspecified atom stereocenters. The highest BCUT2D eigenvalue weighted by Crippen LogP contribution is 2.33. The number of nitrogens with one attached hydrogen (secondary N) is 1. The van der Waals surface area contributed by atoms with Gasteiger partial charge in [-0.2, -0.15) is 4.98 Å². The maximum Gasteiger partial charge on any atom is 0.269 e. The molecule has 0 spiro atoms. The van der Waals surface area contributed by atoms with Crippen molar-refractivity contribution in [3.8, 4) is 10.8 Å². The largest absolute Gasteiger partial charge is 0.333 e. The molecule has 3 rings (SSSR count). The van der Waals surface area contributed by atoms with Crippen molar-refractivity contribution in [2.24, 2.45) is 0 Å². The standard InChI is InChI=1S/C11H12BrN3OS/c12-7-4-6-17-9(7)11-14-10(15-16-11)8-3-1-2-5-13-8/h4,6,8,13H,1-3,5H2. The van der Waals surface area contributed by atoms with Crippen LogP contribution in [-0.4, -0.2) is 16.7 Å². The van der Waals surface area contributed by atoms with Gasteiger partial charge in [0.1, 0.15) is 4.88 Å². The number of hydrogen-bond acceptors (Lipinski definition) is 5. The Morgan fingerprint density at radius 2 is 2.41 bits per heavy atom. The first-order chi connectivity index (χ1) is 8.34. The van der Waals surface area contributed by atoms with E-state index >= 15 is 0 Å². The normalized spacial score (nSPS) is 20.6. The van der Waals surface area contributed by atoms with E-state index in [4.69, 9.17) is 4.52 Å². The summed E-state index contributed by atoms with van der Waals surface area (Å²) < 4.78 is 6.33. The van der Waals surface area contributed by atoms with Gasteiger partial charge < -0.3 is 9.84 Å². The van der Waals surface area contributed by atoms with Crippen LogP contribution in [0.3, 0.4) is 0 Å². The van der Waals surface area contributed by atoms with Crippen LogP contribution >= 0.6 is 27.3 Å². The van der Waals surface area contributed by atoms with Crippen LogP contribution in [0.1, 0.15) is 31.1 Å². The van der Waals surface area contributed by atoms with Gasteiger partial charge in [-0.25, -0.2) is 0 Å². The molecule has 17 heavy (non-hydrogen) atoms. The molecule has 1 aliphatic rings. The Hall–Kier alpha value is -0.720. The van der Waals surface area contributed by atoms with Crippen molar-refractivity contribution in [3.05, 3.63) is 21.7 Å². The van der Waals surface area contributed by atoms with Gasteiger partial charge >= 0.3 is 0 Å². The molecule has 3 heterocycles. The number of nitrogens with zero attached hydrogens (tertiary/aromatic N) is 2. The van der Waals surface area contributed by atoms with Crippen LogP contribution in [0.15, 0.2) is 20.4 Å². The van der Waals surface area contributed by atoms with Gasteiger partial charge in [-0.15, -0.1) is 11.3 Å². The van der Waals surface area contributed by atoms with E-state index in [1.54, 1.807) is 11.3 Å². The van der Waals surface area contributed by atoms with Crippen molar-refractivity contribution in [2.75, 3.05) is 6.54 Å². The van der Waals surface area contributed by atoms with Crippen molar-refractivity contribution in [1.29, 1.82) is 0 Å². The number of hydrogen-bond donors (Lipinski definition) is 1. The maximum absolute atomic E-state index is 5.32. The molecule has 90 valence electrons. The molecule has 1 fully saturated rings. The summed E-state index contributed by atoms with van der Waals surface area (Å²) in [4.78, 5) is 5.48. The van der Waals surface area contributed by atoms with Crippen molar-refractivity contribution in [1.82, 2.24) is 15.5 Å². The minimum absolute atomic E-state index is 0.250. The molecular weight excluding hydrogens is 302 g/mol. The van der Waals surface area contributed by atoms with Crippen LogP contribution in [-0.2, 0) is 0 Å². The molecule has 2 aromatic heterocycles. The minimum Gasteiger partial charge on any atom is -0.333 e. The summed E-state index contributed by atoms with van der Waals surface area (Å²) in [6.07, 6.45) is 3.55. The number of piperidine rings is 1. The second-order valence-corrected chi connectivity index (χ2v) is 5.83. The summed E-state index contributed by atoms with van der Waals surface area (Å²) in [5.41, 5.74) is 0. The summed E-state index contributed by atoms with van der Waals surface area (Å²) >= 11 is 5.07. The fourth-order valence-electron chi connectivity index (χ4n) is 1.99. The monoisotopic (exact) mass is 313 g/mol. The molecule has 2 aromatic rings. The molecule has 1 atom stereocenters. The summed E-state index contributed by atoms with van der Waals surface area (Å²) in [5, 5.41) is 9.49. The molecule has 1 saturated heterocycles. The topological polar surface area (TPSA) is 51.0 Å². The number of thiophene rings is 1. The summed E-state index contributed by atoms with van der Waals surface area (Å²) in [5.74, 6) is 1.38. The summed E-state index contributed by atoms with van der Waals surface area (Å²) in [6, 6.07) is 2.24. The van der Waals surface area contributed by atoms with E-state index < -0.39 is 0 Å². The van der Waals surface area contributed by atoms with Gasteiger partial charge in [-0.05, 0) is 46.8 Å². The summed E-state index contributed by atoms with van der Waals surface area (Å²) in [6.45, 7) is 1.04. The lowest BCUT2D eigenvalue weighted by molar-refractivity contribution is 0.367. The van der Waals surface area contributed by atoms with E-state index in [9.17, 15) is 0 Å². The Labute approximate surface area is 112 Å². The van der Waals surface area contributed by atoms with Crippen molar-refractivity contribution < 1.29 is 4.52 Å². The lowest BCUT2D eigenvalue weighted by Gasteiger charge is -2.19. The Kier molecular flexibility index (Phi) is 3.26. The second-order valence-electron chi connectivity index (χ2n) is 4.06. The van der Waals surface area contributed by atoms with Crippen molar-refractivity contribution >= 4 is 27.3 Å². The van der Waals surface area contributed by atoms with Crippen molar-refractivity contribution in [3.63, 3.8) is 0 Å². The molecular formula is C11H12BrN3OS. The maximum atomic E-state index is 5.32. The number of halogens is 1. The molecule has 1 N–H and O–H groups in total. The Balaban J connectivity index is 1.85. The van der Waals surface area contributed by atoms with Crippen LogP contribution in [0.5, 0.6) is 0 Å². The fourth-order valence-corrected chi connectivity index (χ4v) is 3.45. The molecule has 0 radical (unpaired) electrons. The van der Waals surface area contributed by atoms with E-state index in [0.29, 0.717) is 5.89 Å². The fraction of sp³-hybridized carbons (Fsp3) is 0.455. The van der Waals surface area contributed by atoms with E-state index in [0.717, 1.165) is 28.1 Å². The molecule has 0 aliphatic carbocycles. The highest BCUT2D eigenvalue weighted by atomic mass is 79.9. The molecule has 0 bridgehead atoms. The lowest BCUT2D eigenvalue weighted by atomic mass is 10.0. The molecule has 6 heteroatoms. The second kappa shape index (κ2) is 4.88. The van der Waals surface area contributed by atoms with Gasteiger partial charge in [0.2, 0.25) is 0 Å². The quantitative estimate of drug-likeness (QED) is 0.923. The van der Waals surface area contributed by atoms with Gasteiger partial charge in [-0.3, -0.25) is 0 Å². The zero-order valence-corrected chi connectivity index (χ0v) is 11.6. The third-order valence-corrected chi connectivity index (χ3v) is 4.70. The third kappa shape index (κ3) is 2.29. The highest BCUT2D eigenvalue weighted by Gasteiger charge is 2.21. The third-order valence-electron chi connectivity index (χ3n) is 2.88. The van der Waals surface area contributed by atoms with Gasteiger partial charge in [0, 0.05) is 4.47 Å². The Morgan fingerprint density at radius 3 is 3.12 bits per heavy atom. The van der Waals surface area contributed by atoms with Gasteiger partial charge in [-0.1, -0.05) is 11.6 Å². The average Bonchev–Trinajstić information content (AvgIpc) is 2.98. The van der Waals surface area contributed by atoms with Gasteiger partial charge in [0.05, 0.1) is 6.04 Å². The number of rotatable bonds is 2. The number of aromatic nitrogens is 2. The Bertz CT molecular complexity index is 504. The predicted molar refractivity (Wildman–Crippen MR) is 69.9 cm³/mol. The molecule has 0 amide bonds. The first kappa shape index (κ1) is 11.4. The van der Waals surface area contributed by atoms with Crippen LogP contribution in [0.2, 0.25) is 0 Å². The average molecular weight is 314 g/mol. The van der Waals surface area contributed by atoms with E-state index in [-0.39, 0.29) is 6.04 Å². The first-order valence-electron chi connectivity index (χ1n) is 5.65. The van der Waals surface area contributed by atoms with E-state index in [1.165, 1.54) is 12.8 Å².